The minimum absolute atomic E-state index is 0.0292. The first-order valence-electron chi connectivity index (χ1n) is 9.90. The second kappa shape index (κ2) is 11.8. The average molecular weight is 430 g/mol. The predicted molar refractivity (Wildman–Crippen MR) is 108 cm³/mol. The molecule has 1 aromatic rings. The van der Waals surface area contributed by atoms with E-state index in [4.69, 9.17) is 15.2 Å². The third kappa shape index (κ3) is 8.23. The van der Waals surface area contributed by atoms with Crippen molar-refractivity contribution in [2.45, 2.75) is 64.8 Å². The van der Waals surface area contributed by atoms with Gasteiger partial charge in [-0.25, -0.2) is 18.4 Å². The molecule has 1 amide bonds. The summed E-state index contributed by atoms with van der Waals surface area (Å²) in [5.74, 6) is -5.58. The molecular weight excluding hydrogens is 398 g/mol. The SMILES string of the molecule is CC(C)COC(=O)NC(C(=O)OCc1ccccc1)C(F)(F)C(O)C(N)CC(C)C. The van der Waals surface area contributed by atoms with Crippen LogP contribution in [-0.4, -0.2) is 47.9 Å². The summed E-state index contributed by atoms with van der Waals surface area (Å²) in [5.41, 5.74) is 6.29. The number of rotatable bonds is 11. The number of carbonyl (C=O) groups is 2. The standard InChI is InChI=1S/C21H32F2N2O5/c1-13(2)10-16(24)18(26)21(22,23)17(25-20(28)30-11-14(3)4)19(27)29-12-15-8-6-5-7-9-15/h5-9,13-14,16-18,26H,10-12,24H2,1-4H3,(H,25,28). The number of nitrogens with two attached hydrogens (primary N) is 1. The molecule has 3 atom stereocenters. The van der Waals surface area contributed by atoms with Crippen molar-refractivity contribution in [2.24, 2.45) is 17.6 Å². The second-order valence-electron chi connectivity index (χ2n) is 8.08. The van der Waals surface area contributed by atoms with Gasteiger partial charge in [0.1, 0.15) is 12.7 Å². The van der Waals surface area contributed by atoms with Crippen molar-refractivity contribution in [3.8, 4) is 0 Å². The molecule has 0 aliphatic heterocycles. The molecule has 30 heavy (non-hydrogen) atoms. The highest BCUT2D eigenvalue weighted by atomic mass is 19.3. The van der Waals surface area contributed by atoms with Crippen LogP contribution >= 0.6 is 0 Å². The second-order valence-corrected chi connectivity index (χ2v) is 8.08. The van der Waals surface area contributed by atoms with E-state index >= 15 is 8.78 Å². The summed E-state index contributed by atoms with van der Waals surface area (Å²) in [7, 11) is 0. The minimum Gasteiger partial charge on any atom is -0.459 e. The first-order chi connectivity index (χ1) is 13.9. The molecule has 1 aromatic carbocycles. The molecule has 3 unspecified atom stereocenters. The Labute approximate surface area is 175 Å². The number of halogens is 2. The fourth-order valence-corrected chi connectivity index (χ4v) is 2.66. The van der Waals surface area contributed by atoms with Crippen molar-refractivity contribution in [3.63, 3.8) is 0 Å². The van der Waals surface area contributed by atoms with Gasteiger partial charge in [0.25, 0.3) is 0 Å². The van der Waals surface area contributed by atoms with E-state index in [1.54, 1.807) is 58.0 Å². The van der Waals surface area contributed by atoms with Gasteiger partial charge in [-0.15, -0.1) is 0 Å². The summed E-state index contributed by atoms with van der Waals surface area (Å²) in [6.07, 6.45) is -3.49. The monoisotopic (exact) mass is 430 g/mol. The lowest BCUT2D eigenvalue weighted by Crippen LogP contribution is -2.62. The van der Waals surface area contributed by atoms with Crippen molar-refractivity contribution >= 4 is 12.1 Å². The van der Waals surface area contributed by atoms with Gasteiger partial charge in [-0.2, -0.15) is 0 Å². The molecule has 0 radical (unpaired) electrons. The number of hydrogen-bond acceptors (Lipinski definition) is 6. The van der Waals surface area contributed by atoms with Gasteiger partial charge < -0.3 is 25.6 Å². The third-order valence-corrected chi connectivity index (χ3v) is 4.20. The predicted octanol–water partition coefficient (Wildman–Crippen LogP) is 2.85. The number of ether oxygens (including phenoxy) is 2. The van der Waals surface area contributed by atoms with Crippen molar-refractivity contribution in [1.82, 2.24) is 5.32 Å². The maximum Gasteiger partial charge on any atom is 0.408 e. The van der Waals surface area contributed by atoms with Crippen LogP contribution in [0.3, 0.4) is 0 Å². The van der Waals surface area contributed by atoms with Crippen molar-refractivity contribution in [3.05, 3.63) is 35.9 Å². The summed E-state index contributed by atoms with van der Waals surface area (Å²) in [4.78, 5) is 24.4. The van der Waals surface area contributed by atoms with Crippen LogP contribution in [-0.2, 0) is 20.9 Å². The molecular formula is C21H32F2N2O5. The van der Waals surface area contributed by atoms with Crippen LogP contribution in [0, 0.1) is 11.8 Å². The molecule has 0 aliphatic carbocycles. The zero-order valence-electron chi connectivity index (χ0n) is 17.8. The Morgan fingerprint density at radius 3 is 2.23 bits per heavy atom. The molecule has 0 saturated heterocycles. The van der Waals surface area contributed by atoms with E-state index in [0.29, 0.717) is 5.56 Å². The van der Waals surface area contributed by atoms with E-state index in [9.17, 15) is 14.7 Å². The van der Waals surface area contributed by atoms with Crippen LogP contribution in [0.1, 0.15) is 39.7 Å². The largest absolute Gasteiger partial charge is 0.459 e. The number of aliphatic hydroxyl groups is 1. The van der Waals surface area contributed by atoms with E-state index in [1.807, 2.05) is 5.32 Å². The quantitative estimate of drug-likeness (QED) is 0.466. The maximum atomic E-state index is 15.0. The van der Waals surface area contributed by atoms with Crippen molar-refractivity contribution in [2.75, 3.05) is 6.61 Å². The van der Waals surface area contributed by atoms with Crippen molar-refractivity contribution in [1.29, 1.82) is 0 Å². The summed E-state index contributed by atoms with van der Waals surface area (Å²) >= 11 is 0. The van der Waals surface area contributed by atoms with E-state index in [-0.39, 0.29) is 31.5 Å². The summed E-state index contributed by atoms with van der Waals surface area (Å²) in [5, 5.41) is 12.0. The van der Waals surface area contributed by atoms with Gasteiger partial charge in [-0.1, -0.05) is 58.0 Å². The van der Waals surface area contributed by atoms with Crippen molar-refractivity contribution < 1.29 is 33.0 Å². The van der Waals surface area contributed by atoms with Gasteiger partial charge in [0.05, 0.1) is 6.61 Å². The fraction of sp³-hybridized carbons (Fsp3) is 0.619. The topological polar surface area (TPSA) is 111 Å². The molecule has 0 bridgehead atoms. The normalized spacial score (nSPS) is 14.9. The zero-order valence-corrected chi connectivity index (χ0v) is 17.8. The molecule has 1 rings (SSSR count). The van der Waals surface area contributed by atoms with Crippen LogP contribution in [0.5, 0.6) is 0 Å². The third-order valence-electron chi connectivity index (χ3n) is 4.20. The van der Waals surface area contributed by atoms with E-state index < -0.39 is 36.2 Å². The van der Waals surface area contributed by atoms with Crippen LogP contribution < -0.4 is 11.1 Å². The van der Waals surface area contributed by atoms with Gasteiger partial charge in [-0.3, -0.25) is 0 Å². The molecule has 0 heterocycles. The van der Waals surface area contributed by atoms with Gasteiger partial charge in [0.2, 0.25) is 0 Å². The Bertz CT molecular complexity index is 671. The van der Waals surface area contributed by atoms with Gasteiger partial charge >= 0.3 is 18.0 Å². The van der Waals surface area contributed by atoms with Crippen LogP contribution in [0.4, 0.5) is 13.6 Å². The Morgan fingerprint density at radius 2 is 1.70 bits per heavy atom. The average Bonchev–Trinajstić information content (AvgIpc) is 2.68. The van der Waals surface area contributed by atoms with E-state index in [1.165, 1.54) is 0 Å². The van der Waals surface area contributed by atoms with Crippen LogP contribution in [0.2, 0.25) is 0 Å². The highest BCUT2D eigenvalue weighted by molar-refractivity contribution is 5.82. The smallest absolute Gasteiger partial charge is 0.408 e. The Kier molecular flexibility index (Phi) is 10.1. The van der Waals surface area contributed by atoms with Crippen LogP contribution in [0.25, 0.3) is 0 Å². The number of esters is 1. The lowest BCUT2D eigenvalue weighted by molar-refractivity contribution is -0.176. The number of benzene rings is 1. The number of aliphatic hydroxyl groups excluding tert-OH is 1. The van der Waals surface area contributed by atoms with Gasteiger partial charge in [-0.05, 0) is 23.8 Å². The van der Waals surface area contributed by atoms with Gasteiger partial charge in [0.15, 0.2) is 6.04 Å². The molecule has 0 aromatic heterocycles. The number of alkyl halides is 2. The molecule has 0 saturated carbocycles. The fourth-order valence-electron chi connectivity index (χ4n) is 2.66. The first kappa shape index (κ1) is 25.8. The number of carbonyl (C=O) groups excluding carboxylic acids is 2. The Hall–Kier alpha value is -2.26. The Balaban J connectivity index is 2.99. The molecule has 4 N–H and O–H groups in total. The number of amides is 1. The van der Waals surface area contributed by atoms with E-state index in [2.05, 4.69) is 0 Å². The molecule has 170 valence electrons. The number of nitrogens with one attached hydrogen (secondary N) is 1. The van der Waals surface area contributed by atoms with Crippen LogP contribution in [0.15, 0.2) is 30.3 Å². The maximum absolute atomic E-state index is 15.0. The number of alkyl carbamates (subject to hydrolysis) is 1. The molecule has 0 aliphatic rings. The molecule has 0 fully saturated rings. The van der Waals surface area contributed by atoms with E-state index in [0.717, 1.165) is 0 Å². The number of hydrogen-bond donors (Lipinski definition) is 3. The molecule has 7 nitrogen and oxygen atoms in total. The lowest BCUT2D eigenvalue weighted by Gasteiger charge is -2.33. The summed E-state index contributed by atoms with van der Waals surface area (Å²) in [6, 6.07) is 4.68. The molecule has 0 spiro atoms. The Morgan fingerprint density at radius 1 is 1.10 bits per heavy atom. The highest BCUT2D eigenvalue weighted by Gasteiger charge is 2.54. The lowest BCUT2D eigenvalue weighted by atomic mass is 9.92. The highest BCUT2D eigenvalue weighted by Crippen LogP contribution is 2.28. The van der Waals surface area contributed by atoms with Gasteiger partial charge in [0, 0.05) is 6.04 Å². The molecule has 9 heteroatoms. The first-order valence-corrected chi connectivity index (χ1v) is 9.90. The summed E-state index contributed by atoms with van der Waals surface area (Å²) < 4.78 is 39.8. The zero-order chi connectivity index (χ0) is 22.9. The minimum atomic E-state index is -4.08. The summed E-state index contributed by atoms with van der Waals surface area (Å²) in [6.45, 7) is 6.75.